The number of aryl methyl sites for hydroxylation is 2. The largest absolute Gasteiger partial charge is 0.457 e. The molecule has 0 atom stereocenters. The molecule has 0 unspecified atom stereocenters. The molecule has 0 fully saturated rings. The molecule has 0 heterocycles. The standard InChI is InChI=1S/C30H22O4S/c1-5-23-11-17-27(21(3)19-23)33-25-13-15-26(16-14-25)35(31,32)30-10-8-7-9-29(30)34-28-18-12-24(6-2)20-22(28)4/h1-2,7-20H,3-4H3. The van der Waals surface area contributed by atoms with Gasteiger partial charge in [0.05, 0.1) is 4.90 Å². The summed E-state index contributed by atoms with van der Waals surface area (Å²) in [4.78, 5) is 0.189. The molecule has 4 nitrogen and oxygen atoms in total. The molecule has 0 aliphatic carbocycles. The van der Waals surface area contributed by atoms with Crippen LogP contribution in [0.5, 0.6) is 23.0 Å². The van der Waals surface area contributed by atoms with E-state index in [2.05, 4.69) is 11.8 Å². The average molecular weight is 479 g/mol. The molecule has 0 N–H and O–H groups in total. The maximum atomic E-state index is 13.5. The molecule has 5 heteroatoms. The van der Waals surface area contributed by atoms with E-state index in [0.29, 0.717) is 17.2 Å². The Morgan fingerprint density at radius 1 is 0.657 bits per heavy atom. The van der Waals surface area contributed by atoms with Crippen molar-refractivity contribution in [3.63, 3.8) is 0 Å². The number of benzene rings is 4. The summed E-state index contributed by atoms with van der Waals surface area (Å²) in [5, 5.41) is 0. The third-order valence-corrected chi connectivity index (χ3v) is 7.21. The van der Waals surface area contributed by atoms with Crippen molar-refractivity contribution in [2.24, 2.45) is 0 Å². The van der Waals surface area contributed by atoms with Gasteiger partial charge in [-0.1, -0.05) is 24.0 Å². The average Bonchev–Trinajstić information content (AvgIpc) is 2.87. The highest BCUT2D eigenvalue weighted by atomic mass is 32.2. The van der Waals surface area contributed by atoms with Crippen LogP contribution in [0.25, 0.3) is 0 Å². The van der Waals surface area contributed by atoms with Gasteiger partial charge in [-0.2, -0.15) is 0 Å². The predicted octanol–water partition coefficient (Wildman–Crippen LogP) is 6.68. The lowest BCUT2D eigenvalue weighted by molar-refractivity contribution is 0.464. The summed E-state index contributed by atoms with van der Waals surface area (Å²) < 4.78 is 38.8. The van der Waals surface area contributed by atoms with Gasteiger partial charge in [0.1, 0.15) is 27.9 Å². The van der Waals surface area contributed by atoms with Crippen LogP contribution >= 0.6 is 0 Å². The number of terminal acetylenes is 2. The Bertz CT molecular complexity index is 1590. The second-order valence-corrected chi connectivity index (χ2v) is 9.79. The Balaban J connectivity index is 1.61. The Kier molecular flexibility index (Phi) is 6.64. The van der Waals surface area contributed by atoms with Crippen LogP contribution in [0.15, 0.2) is 94.7 Å². The van der Waals surface area contributed by atoms with E-state index in [1.165, 1.54) is 18.2 Å². The van der Waals surface area contributed by atoms with Crippen LogP contribution < -0.4 is 9.47 Å². The van der Waals surface area contributed by atoms with Crippen molar-refractivity contribution in [3.8, 4) is 47.7 Å². The van der Waals surface area contributed by atoms with E-state index in [-0.39, 0.29) is 15.5 Å². The molecule has 0 aromatic heterocycles. The third-order valence-electron chi connectivity index (χ3n) is 5.40. The van der Waals surface area contributed by atoms with E-state index in [1.807, 2.05) is 26.0 Å². The molecule has 0 saturated heterocycles. The normalized spacial score (nSPS) is 10.7. The lowest BCUT2D eigenvalue weighted by Gasteiger charge is -2.14. The molecule has 0 amide bonds. The number of hydrogen-bond donors (Lipinski definition) is 0. The summed E-state index contributed by atoms with van der Waals surface area (Å²) >= 11 is 0. The van der Waals surface area contributed by atoms with Gasteiger partial charge in [-0.05, 0) is 97.8 Å². The molecule has 0 aliphatic heterocycles. The molecule has 0 spiro atoms. The van der Waals surface area contributed by atoms with Crippen LogP contribution in [0.1, 0.15) is 22.3 Å². The Morgan fingerprint density at radius 2 is 1.20 bits per heavy atom. The second kappa shape index (κ2) is 9.81. The molecule has 4 aromatic carbocycles. The lowest BCUT2D eigenvalue weighted by Crippen LogP contribution is -2.04. The van der Waals surface area contributed by atoms with Crippen LogP contribution in [0.4, 0.5) is 0 Å². The van der Waals surface area contributed by atoms with Crippen molar-refractivity contribution >= 4 is 9.84 Å². The number of hydrogen-bond acceptors (Lipinski definition) is 4. The fourth-order valence-electron chi connectivity index (χ4n) is 3.52. The maximum absolute atomic E-state index is 13.5. The van der Waals surface area contributed by atoms with Gasteiger partial charge in [0.2, 0.25) is 9.84 Å². The molecule has 35 heavy (non-hydrogen) atoms. The Labute approximate surface area is 206 Å². The fraction of sp³-hybridized carbons (Fsp3) is 0.0667. The minimum atomic E-state index is -3.86. The van der Waals surface area contributed by atoms with Gasteiger partial charge in [0, 0.05) is 11.1 Å². The van der Waals surface area contributed by atoms with E-state index in [9.17, 15) is 8.42 Å². The SMILES string of the molecule is C#Cc1ccc(Oc2ccc(S(=O)(=O)c3ccccc3Oc3ccc(C#C)cc3C)cc2)c(C)c1. The van der Waals surface area contributed by atoms with Crippen LogP contribution in [0.2, 0.25) is 0 Å². The zero-order valence-electron chi connectivity index (χ0n) is 19.3. The summed E-state index contributed by atoms with van der Waals surface area (Å²) in [5.41, 5.74) is 3.17. The zero-order valence-corrected chi connectivity index (χ0v) is 20.1. The molecule has 4 rings (SSSR count). The highest BCUT2D eigenvalue weighted by Gasteiger charge is 2.23. The van der Waals surface area contributed by atoms with Crippen molar-refractivity contribution in [1.29, 1.82) is 0 Å². The fourth-order valence-corrected chi connectivity index (χ4v) is 4.90. The smallest absolute Gasteiger partial charge is 0.210 e. The molecule has 0 bridgehead atoms. The number of ether oxygens (including phenoxy) is 2. The number of sulfone groups is 1. The van der Waals surface area contributed by atoms with Crippen molar-refractivity contribution < 1.29 is 17.9 Å². The van der Waals surface area contributed by atoms with Crippen LogP contribution in [-0.2, 0) is 9.84 Å². The van der Waals surface area contributed by atoms with Gasteiger partial charge < -0.3 is 9.47 Å². The zero-order chi connectivity index (χ0) is 25.0. The molecule has 0 saturated carbocycles. The highest BCUT2D eigenvalue weighted by Crippen LogP contribution is 2.35. The van der Waals surface area contributed by atoms with Crippen LogP contribution in [-0.4, -0.2) is 8.42 Å². The van der Waals surface area contributed by atoms with E-state index in [0.717, 1.165) is 22.3 Å². The summed E-state index contributed by atoms with van der Waals surface area (Å²) in [7, 11) is -3.86. The lowest BCUT2D eigenvalue weighted by atomic mass is 10.1. The first-order valence-corrected chi connectivity index (χ1v) is 12.2. The highest BCUT2D eigenvalue weighted by molar-refractivity contribution is 7.91. The predicted molar refractivity (Wildman–Crippen MR) is 137 cm³/mol. The first kappa shape index (κ1) is 23.7. The van der Waals surface area contributed by atoms with Crippen LogP contribution in [0.3, 0.4) is 0 Å². The molecule has 0 radical (unpaired) electrons. The number of rotatable bonds is 6. The van der Waals surface area contributed by atoms with Gasteiger partial charge in [-0.15, -0.1) is 12.8 Å². The molecular formula is C30H22O4S. The van der Waals surface area contributed by atoms with Gasteiger partial charge >= 0.3 is 0 Å². The molecule has 0 aliphatic rings. The van der Waals surface area contributed by atoms with Crippen LogP contribution in [0, 0.1) is 38.5 Å². The number of para-hydroxylation sites is 1. The van der Waals surface area contributed by atoms with Gasteiger partial charge in [-0.3, -0.25) is 0 Å². The van der Waals surface area contributed by atoms with E-state index >= 15 is 0 Å². The van der Waals surface area contributed by atoms with E-state index in [4.69, 9.17) is 22.3 Å². The Hall–Kier alpha value is -4.45. The van der Waals surface area contributed by atoms with Crippen molar-refractivity contribution in [2.75, 3.05) is 0 Å². The monoisotopic (exact) mass is 478 g/mol. The van der Waals surface area contributed by atoms with Crippen molar-refractivity contribution in [1.82, 2.24) is 0 Å². The van der Waals surface area contributed by atoms with Gasteiger partial charge in [0.25, 0.3) is 0 Å². The van der Waals surface area contributed by atoms with E-state index in [1.54, 1.807) is 54.6 Å². The van der Waals surface area contributed by atoms with Gasteiger partial charge in [0.15, 0.2) is 0 Å². The summed E-state index contributed by atoms with van der Waals surface area (Å²) in [5.74, 6) is 7.07. The summed E-state index contributed by atoms with van der Waals surface area (Å²) in [6.45, 7) is 3.75. The minimum absolute atomic E-state index is 0.0646. The first-order valence-electron chi connectivity index (χ1n) is 10.8. The minimum Gasteiger partial charge on any atom is -0.457 e. The van der Waals surface area contributed by atoms with Gasteiger partial charge in [-0.25, -0.2) is 8.42 Å². The summed E-state index contributed by atoms with van der Waals surface area (Å²) in [6, 6.07) is 23.5. The third kappa shape index (κ3) is 5.06. The first-order chi connectivity index (χ1) is 16.8. The van der Waals surface area contributed by atoms with Crippen molar-refractivity contribution in [3.05, 3.63) is 107 Å². The van der Waals surface area contributed by atoms with Crippen molar-refractivity contribution in [2.45, 2.75) is 23.6 Å². The molecule has 172 valence electrons. The van der Waals surface area contributed by atoms with E-state index < -0.39 is 9.84 Å². The quantitative estimate of drug-likeness (QED) is 0.290. The summed E-state index contributed by atoms with van der Waals surface area (Å²) in [6.07, 6.45) is 10.9. The second-order valence-electron chi connectivity index (χ2n) is 7.87. The topological polar surface area (TPSA) is 52.6 Å². The maximum Gasteiger partial charge on any atom is 0.210 e. The molecular weight excluding hydrogens is 456 g/mol. The Morgan fingerprint density at radius 3 is 1.74 bits per heavy atom. The molecule has 4 aromatic rings.